The lowest BCUT2D eigenvalue weighted by Crippen LogP contribution is -2.18. The third-order valence-electron chi connectivity index (χ3n) is 3.09. The third-order valence-corrected chi connectivity index (χ3v) is 3.59. The molecule has 19 heavy (non-hydrogen) atoms. The summed E-state index contributed by atoms with van der Waals surface area (Å²) in [6.07, 6.45) is 0. The number of benzene rings is 2. The Bertz CT molecular complexity index is 629. The van der Waals surface area contributed by atoms with Crippen molar-refractivity contribution in [3.63, 3.8) is 0 Å². The molecule has 2 aromatic carbocycles. The van der Waals surface area contributed by atoms with E-state index in [1.165, 1.54) is 5.56 Å². The van der Waals surface area contributed by atoms with E-state index in [1.54, 1.807) is 0 Å². The number of anilines is 2. The molecule has 96 valence electrons. The van der Waals surface area contributed by atoms with Crippen LogP contribution in [-0.2, 0) is 0 Å². The zero-order valence-corrected chi connectivity index (χ0v) is 12.6. The molecule has 0 saturated heterocycles. The molecule has 0 amide bonds. The Hall–Kier alpha value is -1.79. The summed E-state index contributed by atoms with van der Waals surface area (Å²) in [5.41, 5.74) is 3.97. The van der Waals surface area contributed by atoms with Gasteiger partial charge in [0.2, 0.25) is 0 Å². The van der Waals surface area contributed by atoms with Crippen molar-refractivity contribution in [3.8, 4) is 6.07 Å². The highest BCUT2D eigenvalue weighted by molar-refractivity contribution is 9.10. The maximum Gasteiger partial charge on any atom is 0.101 e. The van der Waals surface area contributed by atoms with Crippen molar-refractivity contribution in [2.75, 3.05) is 11.4 Å². The van der Waals surface area contributed by atoms with Gasteiger partial charge in [-0.05, 0) is 43.7 Å². The van der Waals surface area contributed by atoms with Crippen molar-refractivity contribution in [2.45, 2.75) is 13.8 Å². The van der Waals surface area contributed by atoms with Crippen LogP contribution in [0.2, 0.25) is 0 Å². The van der Waals surface area contributed by atoms with Gasteiger partial charge in [0, 0.05) is 16.7 Å². The fourth-order valence-electron chi connectivity index (χ4n) is 2.17. The molecule has 0 aliphatic heterocycles. The minimum atomic E-state index is 0.680. The lowest BCUT2D eigenvalue weighted by Gasteiger charge is -2.26. The first kappa shape index (κ1) is 13.6. The van der Waals surface area contributed by atoms with Crippen LogP contribution in [0.1, 0.15) is 18.1 Å². The molecular formula is C16H15BrN2. The van der Waals surface area contributed by atoms with Crippen molar-refractivity contribution in [1.29, 1.82) is 5.26 Å². The first-order valence-electron chi connectivity index (χ1n) is 6.20. The molecule has 0 heterocycles. The van der Waals surface area contributed by atoms with Crippen LogP contribution >= 0.6 is 15.9 Å². The Labute approximate surface area is 122 Å². The van der Waals surface area contributed by atoms with E-state index in [-0.39, 0.29) is 0 Å². The molecule has 0 aliphatic carbocycles. The van der Waals surface area contributed by atoms with E-state index in [4.69, 9.17) is 0 Å². The predicted molar refractivity (Wildman–Crippen MR) is 82.7 cm³/mol. The lowest BCUT2D eigenvalue weighted by atomic mass is 10.1. The Morgan fingerprint density at radius 1 is 1.16 bits per heavy atom. The van der Waals surface area contributed by atoms with E-state index in [0.717, 1.165) is 22.4 Å². The normalized spacial score (nSPS) is 10.0. The maximum atomic E-state index is 9.31. The number of rotatable bonds is 3. The highest BCUT2D eigenvalue weighted by Crippen LogP contribution is 2.31. The highest BCUT2D eigenvalue weighted by Gasteiger charge is 2.13. The minimum absolute atomic E-state index is 0.680. The summed E-state index contributed by atoms with van der Waals surface area (Å²) >= 11 is 3.41. The zero-order valence-electron chi connectivity index (χ0n) is 11.0. The summed E-state index contributed by atoms with van der Waals surface area (Å²) in [4.78, 5) is 2.17. The van der Waals surface area contributed by atoms with Crippen molar-refractivity contribution >= 4 is 27.3 Å². The van der Waals surface area contributed by atoms with Gasteiger partial charge >= 0.3 is 0 Å². The second-order valence-electron chi connectivity index (χ2n) is 4.30. The highest BCUT2D eigenvalue weighted by atomic mass is 79.9. The Morgan fingerprint density at radius 2 is 1.89 bits per heavy atom. The second kappa shape index (κ2) is 5.90. The van der Waals surface area contributed by atoms with Gasteiger partial charge in [-0.15, -0.1) is 0 Å². The summed E-state index contributed by atoms with van der Waals surface area (Å²) < 4.78 is 0.925. The topological polar surface area (TPSA) is 27.0 Å². The van der Waals surface area contributed by atoms with Gasteiger partial charge in [0.25, 0.3) is 0 Å². The second-order valence-corrected chi connectivity index (χ2v) is 5.22. The number of hydrogen-bond donors (Lipinski definition) is 0. The van der Waals surface area contributed by atoms with Gasteiger partial charge in [0.05, 0.1) is 11.3 Å². The van der Waals surface area contributed by atoms with Crippen molar-refractivity contribution < 1.29 is 0 Å². The largest absolute Gasteiger partial charge is 0.340 e. The van der Waals surface area contributed by atoms with E-state index in [9.17, 15) is 5.26 Å². The lowest BCUT2D eigenvalue weighted by molar-refractivity contribution is 1.01. The molecule has 0 unspecified atom stereocenters. The number of hydrogen-bond acceptors (Lipinski definition) is 2. The summed E-state index contributed by atoms with van der Waals surface area (Å²) in [7, 11) is 0. The molecule has 0 fully saturated rings. The molecule has 0 bridgehead atoms. The van der Waals surface area contributed by atoms with Crippen LogP contribution in [-0.4, -0.2) is 6.54 Å². The Kier molecular flexibility index (Phi) is 4.24. The molecule has 0 saturated carbocycles. The third kappa shape index (κ3) is 2.80. The van der Waals surface area contributed by atoms with Crippen LogP contribution in [0.3, 0.4) is 0 Å². The van der Waals surface area contributed by atoms with Crippen LogP contribution in [0, 0.1) is 18.3 Å². The fourth-order valence-corrected chi connectivity index (χ4v) is 2.53. The van der Waals surface area contributed by atoms with Crippen molar-refractivity contribution in [3.05, 3.63) is 58.1 Å². The predicted octanol–water partition coefficient (Wildman–Crippen LogP) is 4.79. The average molecular weight is 315 g/mol. The van der Waals surface area contributed by atoms with Crippen molar-refractivity contribution in [1.82, 2.24) is 0 Å². The molecule has 2 rings (SSSR count). The van der Waals surface area contributed by atoms with Crippen LogP contribution in [0.4, 0.5) is 11.4 Å². The summed E-state index contributed by atoms with van der Waals surface area (Å²) in [5.74, 6) is 0. The monoisotopic (exact) mass is 314 g/mol. The van der Waals surface area contributed by atoms with Gasteiger partial charge in [-0.25, -0.2) is 0 Å². The zero-order chi connectivity index (χ0) is 13.8. The van der Waals surface area contributed by atoms with Crippen molar-refractivity contribution in [2.24, 2.45) is 0 Å². The summed E-state index contributed by atoms with van der Waals surface area (Å²) in [6, 6.07) is 16.3. The van der Waals surface area contributed by atoms with Crippen LogP contribution in [0.25, 0.3) is 0 Å². The molecule has 0 atom stereocenters. The smallest absolute Gasteiger partial charge is 0.101 e. The van der Waals surface area contributed by atoms with Crippen LogP contribution in [0.15, 0.2) is 46.9 Å². The molecular weight excluding hydrogens is 300 g/mol. The Morgan fingerprint density at radius 3 is 2.53 bits per heavy atom. The summed E-state index contributed by atoms with van der Waals surface area (Å²) in [5, 5.41) is 9.31. The molecule has 2 nitrogen and oxygen atoms in total. The van der Waals surface area contributed by atoms with Gasteiger partial charge in [0.1, 0.15) is 6.07 Å². The number of halogens is 1. The molecule has 0 aliphatic rings. The van der Waals surface area contributed by atoms with Gasteiger partial charge in [-0.2, -0.15) is 5.26 Å². The van der Waals surface area contributed by atoms with Gasteiger partial charge in [0.15, 0.2) is 0 Å². The molecule has 0 N–H and O–H groups in total. The number of para-hydroxylation sites is 1. The van der Waals surface area contributed by atoms with Gasteiger partial charge in [-0.1, -0.05) is 34.1 Å². The van der Waals surface area contributed by atoms with Gasteiger partial charge < -0.3 is 4.90 Å². The molecule has 2 aromatic rings. The van der Waals surface area contributed by atoms with E-state index in [2.05, 4.69) is 52.9 Å². The van der Waals surface area contributed by atoms with Crippen LogP contribution < -0.4 is 4.90 Å². The van der Waals surface area contributed by atoms with Gasteiger partial charge in [-0.3, -0.25) is 0 Å². The molecule has 0 spiro atoms. The first-order valence-corrected chi connectivity index (χ1v) is 6.99. The number of nitriles is 1. The fraction of sp³-hybridized carbons (Fsp3) is 0.188. The maximum absolute atomic E-state index is 9.31. The average Bonchev–Trinajstić information content (AvgIpc) is 2.43. The quantitative estimate of drug-likeness (QED) is 0.814. The van der Waals surface area contributed by atoms with E-state index in [0.29, 0.717) is 5.56 Å². The standard InChI is InChI=1S/C16H15BrN2/c1-3-19(15-7-5-4-6-12(15)2)16-9-8-14(17)10-13(16)11-18/h4-10H,3H2,1-2H3. The van der Waals surface area contributed by atoms with E-state index in [1.807, 2.05) is 30.3 Å². The SMILES string of the molecule is CCN(c1ccccc1C)c1ccc(Br)cc1C#N. The number of nitrogens with zero attached hydrogens (tertiary/aromatic N) is 2. The molecule has 3 heteroatoms. The van der Waals surface area contributed by atoms with E-state index >= 15 is 0 Å². The van der Waals surface area contributed by atoms with E-state index < -0.39 is 0 Å². The molecule has 0 radical (unpaired) electrons. The van der Waals surface area contributed by atoms with Crippen LogP contribution in [0.5, 0.6) is 0 Å². The minimum Gasteiger partial charge on any atom is -0.340 e. The molecule has 0 aromatic heterocycles. The summed E-state index contributed by atoms with van der Waals surface area (Å²) in [6.45, 7) is 5.00. The first-order chi connectivity index (χ1) is 9.17. The Balaban J connectivity index is 2.55. The number of aryl methyl sites for hydroxylation is 1.